The van der Waals surface area contributed by atoms with Gasteiger partial charge in [0.1, 0.15) is 0 Å². The van der Waals surface area contributed by atoms with E-state index in [2.05, 4.69) is 17.6 Å². The summed E-state index contributed by atoms with van der Waals surface area (Å²) in [6, 6.07) is 0.880. The van der Waals surface area contributed by atoms with Crippen molar-refractivity contribution in [1.29, 1.82) is 0 Å². The molecule has 1 saturated carbocycles. The summed E-state index contributed by atoms with van der Waals surface area (Å²) in [5.74, 6) is 1.94. The molecule has 0 radical (unpaired) electrons. The van der Waals surface area contributed by atoms with Crippen LogP contribution < -0.4 is 10.6 Å². The van der Waals surface area contributed by atoms with E-state index >= 15 is 0 Å². The molecule has 1 aliphatic carbocycles. The van der Waals surface area contributed by atoms with Crippen molar-refractivity contribution in [3.63, 3.8) is 0 Å². The Kier molecular flexibility index (Phi) is 2.66. The third kappa shape index (κ3) is 1.99. The highest BCUT2D eigenvalue weighted by atomic mass is 15.0. The Balaban J connectivity index is 1.51. The standard InChI is InChI=1S/C10H20N2/c1-2-3-9-4-10(9)12-7-8-5-11-6-8/h8-12H,2-7H2,1H3. The molecule has 2 atom stereocenters. The van der Waals surface area contributed by atoms with Crippen LogP contribution >= 0.6 is 0 Å². The topological polar surface area (TPSA) is 24.1 Å². The van der Waals surface area contributed by atoms with Crippen molar-refractivity contribution in [1.82, 2.24) is 10.6 Å². The predicted molar refractivity (Wildman–Crippen MR) is 51.2 cm³/mol. The van der Waals surface area contributed by atoms with E-state index in [1.54, 1.807) is 0 Å². The van der Waals surface area contributed by atoms with Crippen LogP contribution in [0.3, 0.4) is 0 Å². The monoisotopic (exact) mass is 168 g/mol. The summed E-state index contributed by atoms with van der Waals surface area (Å²) in [5.41, 5.74) is 0. The van der Waals surface area contributed by atoms with Gasteiger partial charge in [0.25, 0.3) is 0 Å². The van der Waals surface area contributed by atoms with Crippen LogP contribution in [-0.4, -0.2) is 25.7 Å². The first-order valence-corrected chi connectivity index (χ1v) is 5.34. The van der Waals surface area contributed by atoms with Gasteiger partial charge in [-0.2, -0.15) is 0 Å². The molecule has 0 bridgehead atoms. The molecule has 2 aliphatic rings. The highest BCUT2D eigenvalue weighted by Crippen LogP contribution is 2.34. The third-order valence-corrected chi connectivity index (χ3v) is 3.12. The normalized spacial score (nSPS) is 34.8. The lowest BCUT2D eigenvalue weighted by Gasteiger charge is -2.27. The van der Waals surface area contributed by atoms with E-state index in [0.29, 0.717) is 0 Å². The molecule has 2 unspecified atom stereocenters. The lowest BCUT2D eigenvalue weighted by molar-refractivity contribution is 0.328. The van der Waals surface area contributed by atoms with Crippen LogP contribution in [0.15, 0.2) is 0 Å². The number of nitrogens with one attached hydrogen (secondary N) is 2. The number of hydrogen-bond acceptors (Lipinski definition) is 2. The molecule has 1 saturated heterocycles. The SMILES string of the molecule is CCCC1CC1NCC1CNC1. The Morgan fingerprint density at radius 1 is 1.42 bits per heavy atom. The van der Waals surface area contributed by atoms with Gasteiger partial charge in [0.15, 0.2) is 0 Å². The molecule has 2 fully saturated rings. The average Bonchev–Trinajstić information content (AvgIpc) is 2.65. The zero-order valence-corrected chi connectivity index (χ0v) is 7.97. The maximum atomic E-state index is 3.65. The Labute approximate surface area is 75.1 Å². The fraction of sp³-hybridized carbons (Fsp3) is 1.00. The molecule has 2 rings (SSSR count). The smallest absolute Gasteiger partial charge is 0.00992 e. The van der Waals surface area contributed by atoms with Crippen molar-refractivity contribution in [3.8, 4) is 0 Å². The quantitative estimate of drug-likeness (QED) is 0.639. The molecule has 2 heteroatoms. The summed E-state index contributed by atoms with van der Waals surface area (Å²) >= 11 is 0. The van der Waals surface area contributed by atoms with Crippen LogP contribution in [0.2, 0.25) is 0 Å². The molecule has 70 valence electrons. The lowest BCUT2D eigenvalue weighted by Crippen LogP contribution is -2.47. The molecule has 1 heterocycles. The molecule has 0 amide bonds. The summed E-state index contributed by atoms with van der Waals surface area (Å²) in [6.45, 7) is 6.00. The molecule has 0 aromatic rings. The van der Waals surface area contributed by atoms with Gasteiger partial charge in [0.2, 0.25) is 0 Å². The Hall–Kier alpha value is -0.0800. The van der Waals surface area contributed by atoms with E-state index in [1.165, 1.54) is 38.9 Å². The lowest BCUT2D eigenvalue weighted by atomic mass is 10.0. The van der Waals surface area contributed by atoms with Gasteiger partial charge in [0, 0.05) is 25.7 Å². The molecule has 1 aliphatic heterocycles. The maximum absolute atomic E-state index is 3.65. The second-order valence-electron chi connectivity index (χ2n) is 4.32. The van der Waals surface area contributed by atoms with E-state index < -0.39 is 0 Å². The van der Waals surface area contributed by atoms with Gasteiger partial charge in [-0.1, -0.05) is 13.3 Å². The molecule has 0 aromatic heterocycles. The van der Waals surface area contributed by atoms with Crippen LogP contribution in [0.5, 0.6) is 0 Å². The summed E-state index contributed by atoms with van der Waals surface area (Å²) < 4.78 is 0. The van der Waals surface area contributed by atoms with Gasteiger partial charge in [-0.15, -0.1) is 0 Å². The largest absolute Gasteiger partial charge is 0.316 e. The van der Waals surface area contributed by atoms with E-state index in [1.807, 2.05) is 0 Å². The van der Waals surface area contributed by atoms with Gasteiger partial charge in [-0.25, -0.2) is 0 Å². The minimum Gasteiger partial charge on any atom is -0.316 e. The minimum atomic E-state index is 0.880. The number of rotatable bonds is 5. The van der Waals surface area contributed by atoms with Gasteiger partial charge in [-0.05, 0) is 24.7 Å². The van der Waals surface area contributed by atoms with E-state index in [-0.39, 0.29) is 0 Å². The summed E-state index contributed by atoms with van der Waals surface area (Å²) in [5, 5.41) is 6.96. The molecule has 2 N–H and O–H groups in total. The second-order valence-corrected chi connectivity index (χ2v) is 4.32. The highest BCUT2D eigenvalue weighted by molar-refractivity contribution is 4.93. The number of hydrogen-bond donors (Lipinski definition) is 2. The highest BCUT2D eigenvalue weighted by Gasteiger charge is 2.35. The summed E-state index contributed by atoms with van der Waals surface area (Å²) in [4.78, 5) is 0. The first-order chi connectivity index (χ1) is 5.90. The molecule has 0 aromatic carbocycles. The van der Waals surface area contributed by atoms with Crippen molar-refractivity contribution in [2.75, 3.05) is 19.6 Å². The van der Waals surface area contributed by atoms with E-state index in [0.717, 1.165) is 17.9 Å². The van der Waals surface area contributed by atoms with Crippen LogP contribution in [0.25, 0.3) is 0 Å². The van der Waals surface area contributed by atoms with Crippen LogP contribution in [0.1, 0.15) is 26.2 Å². The summed E-state index contributed by atoms with van der Waals surface area (Å²) in [6.07, 6.45) is 4.22. The Morgan fingerprint density at radius 2 is 2.25 bits per heavy atom. The van der Waals surface area contributed by atoms with Gasteiger partial charge in [0.05, 0.1) is 0 Å². The van der Waals surface area contributed by atoms with Crippen molar-refractivity contribution in [2.24, 2.45) is 11.8 Å². The minimum absolute atomic E-state index is 0.880. The molecule has 0 spiro atoms. The second kappa shape index (κ2) is 3.75. The molecular formula is C10H20N2. The first kappa shape index (κ1) is 8.52. The van der Waals surface area contributed by atoms with Crippen LogP contribution in [0.4, 0.5) is 0 Å². The predicted octanol–water partition coefficient (Wildman–Crippen LogP) is 0.984. The fourth-order valence-electron chi connectivity index (χ4n) is 2.00. The van der Waals surface area contributed by atoms with Crippen molar-refractivity contribution in [3.05, 3.63) is 0 Å². The van der Waals surface area contributed by atoms with E-state index in [9.17, 15) is 0 Å². The van der Waals surface area contributed by atoms with Crippen LogP contribution in [-0.2, 0) is 0 Å². The van der Waals surface area contributed by atoms with Crippen molar-refractivity contribution >= 4 is 0 Å². The maximum Gasteiger partial charge on any atom is 0.00992 e. The summed E-state index contributed by atoms with van der Waals surface area (Å²) in [7, 11) is 0. The van der Waals surface area contributed by atoms with Gasteiger partial charge in [-0.3, -0.25) is 0 Å². The van der Waals surface area contributed by atoms with Crippen LogP contribution in [0, 0.1) is 11.8 Å². The first-order valence-electron chi connectivity index (χ1n) is 5.34. The van der Waals surface area contributed by atoms with Gasteiger partial charge >= 0.3 is 0 Å². The average molecular weight is 168 g/mol. The molecular weight excluding hydrogens is 148 g/mol. The van der Waals surface area contributed by atoms with Crippen molar-refractivity contribution < 1.29 is 0 Å². The Morgan fingerprint density at radius 3 is 2.83 bits per heavy atom. The molecule has 12 heavy (non-hydrogen) atoms. The van der Waals surface area contributed by atoms with E-state index in [4.69, 9.17) is 0 Å². The fourth-order valence-corrected chi connectivity index (χ4v) is 2.00. The zero-order chi connectivity index (χ0) is 8.39. The van der Waals surface area contributed by atoms with Gasteiger partial charge < -0.3 is 10.6 Å². The third-order valence-electron chi connectivity index (χ3n) is 3.12. The molecule has 2 nitrogen and oxygen atoms in total. The van der Waals surface area contributed by atoms with Crippen molar-refractivity contribution in [2.45, 2.75) is 32.2 Å². The Bertz CT molecular complexity index is 143. The zero-order valence-electron chi connectivity index (χ0n) is 7.97.